The average Bonchev–Trinajstić information content (AvgIpc) is 2.39. The van der Waals surface area contributed by atoms with Crippen molar-refractivity contribution in [3.63, 3.8) is 0 Å². The summed E-state index contributed by atoms with van der Waals surface area (Å²) < 4.78 is 0. The fourth-order valence-corrected chi connectivity index (χ4v) is 2.37. The number of rotatable bonds is 5. The Hall–Kier alpha value is -1.53. The number of benzene rings is 1. The lowest BCUT2D eigenvalue weighted by Gasteiger charge is -2.12. The maximum Gasteiger partial charge on any atom is 0.321 e. The summed E-state index contributed by atoms with van der Waals surface area (Å²) in [6, 6.07) is 6.86. The molecule has 6 heteroatoms. The van der Waals surface area contributed by atoms with Crippen LogP contribution >= 0.6 is 11.8 Å². The summed E-state index contributed by atoms with van der Waals surface area (Å²) >= 11 is 1.36. The highest BCUT2D eigenvalue weighted by molar-refractivity contribution is 8.00. The molecule has 0 spiro atoms. The number of carbonyl (C=O) groups is 2. The second kappa shape index (κ2) is 7.91. The van der Waals surface area contributed by atoms with Crippen LogP contribution in [0.1, 0.15) is 32.4 Å². The number of carbonyl (C=O) groups excluding carboxylic acids is 2. The number of thioether (sulfide) groups is 1. The van der Waals surface area contributed by atoms with E-state index in [4.69, 9.17) is 0 Å². The molecule has 0 fully saturated rings. The first-order valence-electron chi connectivity index (χ1n) is 6.47. The molecule has 0 aliphatic heterocycles. The summed E-state index contributed by atoms with van der Waals surface area (Å²) in [5, 5.41) is 13.8. The van der Waals surface area contributed by atoms with Gasteiger partial charge in [0.25, 0.3) is 0 Å². The normalized spacial score (nSPS) is 13.4. The van der Waals surface area contributed by atoms with Crippen LogP contribution in [0.5, 0.6) is 0 Å². The third-order valence-electron chi connectivity index (χ3n) is 2.62. The number of aliphatic hydroxyl groups is 1. The van der Waals surface area contributed by atoms with Crippen LogP contribution in [0, 0.1) is 0 Å². The van der Waals surface area contributed by atoms with Crippen molar-refractivity contribution < 1.29 is 14.7 Å². The van der Waals surface area contributed by atoms with Gasteiger partial charge in [-0.05, 0) is 38.5 Å². The molecule has 2 atom stereocenters. The van der Waals surface area contributed by atoms with Crippen LogP contribution in [0.4, 0.5) is 4.79 Å². The van der Waals surface area contributed by atoms with Crippen molar-refractivity contribution in [1.82, 2.24) is 10.6 Å². The summed E-state index contributed by atoms with van der Waals surface area (Å²) in [5.41, 5.74) is 0.828. The Kier molecular flexibility index (Phi) is 6.54. The number of amides is 3. The molecule has 0 aromatic heterocycles. The molecule has 3 N–H and O–H groups in total. The zero-order valence-corrected chi connectivity index (χ0v) is 12.7. The summed E-state index contributed by atoms with van der Waals surface area (Å²) in [7, 11) is 0. The third-order valence-corrected chi connectivity index (χ3v) is 3.73. The summed E-state index contributed by atoms with van der Waals surface area (Å²) in [4.78, 5) is 23.9. The highest BCUT2D eigenvalue weighted by Crippen LogP contribution is 2.25. The molecule has 1 rings (SSSR count). The molecule has 0 bridgehead atoms. The fraction of sp³-hybridized carbons (Fsp3) is 0.429. The number of aliphatic hydroxyl groups excluding tert-OH is 1. The van der Waals surface area contributed by atoms with Gasteiger partial charge in [0.2, 0.25) is 5.91 Å². The smallest absolute Gasteiger partial charge is 0.321 e. The van der Waals surface area contributed by atoms with Crippen LogP contribution in [-0.4, -0.2) is 28.8 Å². The maximum atomic E-state index is 11.8. The van der Waals surface area contributed by atoms with Gasteiger partial charge < -0.3 is 10.4 Å². The van der Waals surface area contributed by atoms with Gasteiger partial charge in [0, 0.05) is 11.4 Å². The Balaban J connectivity index is 2.54. The Morgan fingerprint density at radius 1 is 1.25 bits per heavy atom. The van der Waals surface area contributed by atoms with Crippen molar-refractivity contribution in [2.24, 2.45) is 0 Å². The number of nitrogens with one attached hydrogen (secondary N) is 2. The van der Waals surface area contributed by atoms with E-state index >= 15 is 0 Å². The minimum Gasteiger partial charge on any atom is -0.389 e. The first-order chi connectivity index (χ1) is 9.43. The third kappa shape index (κ3) is 5.22. The van der Waals surface area contributed by atoms with Crippen LogP contribution in [0.15, 0.2) is 29.2 Å². The first-order valence-corrected chi connectivity index (χ1v) is 7.35. The Morgan fingerprint density at radius 3 is 2.35 bits per heavy atom. The first kappa shape index (κ1) is 16.5. The van der Waals surface area contributed by atoms with E-state index < -0.39 is 12.1 Å². The van der Waals surface area contributed by atoms with E-state index in [1.54, 1.807) is 20.8 Å². The van der Waals surface area contributed by atoms with Gasteiger partial charge in [0.1, 0.15) is 0 Å². The van der Waals surface area contributed by atoms with Crippen molar-refractivity contribution in [2.45, 2.75) is 37.0 Å². The molecular formula is C14H20N2O3S. The van der Waals surface area contributed by atoms with Crippen LogP contribution in [-0.2, 0) is 4.79 Å². The maximum absolute atomic E-state index is 11.8. The molecule has 0 aliphatic carbocycles. The molecule has 0 heterocycles. The summed E-state index contributed by atoms with van der Waals surface area (Å²) in [6.45, 7) is 5.69. The van der Waals surface area contributed by atoms with E-state index in [9.17, 15) is 14.7 Å². The van der Waals surface area contributed by atoms with E-state index in [0.717, 1.165) is 10.5 Å². The number of hydrogen-bond donors (Lipinski definition) is 3. The van der Waals surface area contributed by atoms with E-state index in [1.807, 2.05) is 24.3 Å². The number of urea groups is 1. The summed E-state index contributed by atoms with van der Waals surface area (Å²) in [6.07, 6.45) is -0.507. The molecule has 0 radical (unpaired) electrons. The summed E-state index contributed by atoms with van der Waals surface area (Å²) in [5.74, 6) is -0.333. The molecule has 3 amide bonds. The van der Waals surface area contributed by atoms with Crippen LogP contribution in [0.25, 0.3) is 0 Å². The lowest BCUT2D eigenvalue weighted by molar-refractivity contribution is -0.119. The standard InChI is InChI=1S/C14H20N2O3S/c1-4-15-14(19)16-13(18)10(3)20-12-7-5-11(6-8-12)9(2)17/h5-10,17H,4H2,1-3H3,(H2,15,16,18,19). The predicted octanol–water partition coefficient (Wildman–Crippen LogP) is 2.07. The quantitative estimate of drug-likeness (QED) is 0.727. The second-order valence-electron chi connectivity index (χ2n) is 4.35. The zero-order valence-electron chi connectivity index (χ0n) is 11.8. The number of hydrogen-bond acceptors (Lipinski definition) is 4. The SMILES string of the molecule is CCNC(=O)NC(=O)C(C)Sc1ccc(C(C)O)cc1. The number of imide groups is 1. The van der Waals surface area contributed by atoms with Crippen molar-refractivity contribution in [3.05, 3.63) is 29.8 Å². The Labute approximate surface area is 123 Å². The van der Waals surface area contributed by atoms with Gasteiger partial charge in [0.15, 0.2) is 0 Å². The molecule has 0 saturated carbocycles. The molecule has 110 valence electrons. The lowest BCUT2D eigenvalue weighted by Crippen LogP contribution is -2.42. The van der Waals surface area contributed by atoms with Gasteiger partial charge in [-0.15, -0.1) is 11.8 Å². The Bertz CT molecular complexity index is 460. The van der Waals surface area contributed by atoms with E-state index in [1.165, 1.54) is 11.8 Å². The molecule has 0 saturated heterocycles. The molecule has 2 unspecified atom stereocenters. The van der Waals surface area contributed by atoms with Crippen molar-refractivity contribution in [3.8, 4) is 0 Å². The Morgan fingerprint density at radius 2 is 1.85 bits per heavy atom. The minimum absolute atomic E-state index is 0.333. The molecule has 5 nitrogen and oxygen atoms in total. The van der Waals surface area contributed by atoms with E-state index in [0.29, 0.717) is 6.54 Å². The van der Waals surface area contributed by atoms with E-state index in [2.05, 4.69) is 10.6 Å². The molecule has 1 aromatic rings. The van der Waals surface area contributed by atoms with Gasteiger partial charge in [0.05, 0.1) is 11.4 Å². The molecule has 20 heavy (non-hydrogen) atoms. The highest BCUT2D eigenvalue weighted by atomic mass is 32.2. The van der Waals surface area contributed by atoms with Gasteiger partial charge in [-0.25, -0.2) is 4.79 Å². The predicted molar refractivity (Wildman–Crippen MR) is 79.6 cm³/mol. The fourth-order valence-electron chi connectivity index (χ4n) is 1.50. The van der Waals surface area contributed by atoms with Crippen LogP contribution < -0.4 is 10.6 Å². The van der Waals surface area contributed by atoms with Crippen molar-refractivity contribution >= 4 is 23.7 Å². The van der Waals surface area contributed by atoms with Gasteiger partial charge in [-0.3, -0.25) is 10.1 Å². The minimum atomic E-state index is -0.507. The average molecular weight is 296 g/mol. The van der Waals surface area contributed by atoms with Crippen LogP contribution in [0.3, 0.4) is 0 Å². The van der Waals surface area contributed by atoms with Crippen LogP contribution in [0.2, 0.25) is 0 Å². The van der Waals surface area contributed by atoms with E-state index in [-0.39, 0.29) is 11.2 Å². The second-order valence-corrected chi connectivity index (χ2v) is 5.77. The highest BCUT2D eigenvalue weighted by Gasteiger charge is 2.16. The monoisotopic (exact) mass is 296 g/mol. The molecule has 1 aromatic carbocycles. The largest absolute Gasteiger partial charge is 0.389 e. The molecule has 0 aliphatic rings. The van der Waals surface area contributed by atoms with Gasteiger partial charge in [-0.2, -0.15) is 0 Å². The molecular weight excluding hydrogens is 276 g/mol. The van der Waals surface area contributed by atoms with Gasteiger partial charge in [-0.1, -0.05) is 12.1 Å². The van der Waals surface area contributed by atoms with Crippen molar-refractivity contribution in [1.29, 1.82) is 0 Å². The van der Waals surface area contributed by atoms with Gasteiger partial charge >= 0.3 is 6.03 Å². The topological polar surface area (TPSA) is 78.4 Å². The lowest BCUT2D eigenvalue weighted by atomic mass is 10.1. The zero-order chi connectivity index (χ0) is 15.1. The van der Waals surface area contributed by atoms with Crippen molar-refractivity contribution in [2.75, 3.05) is 6.54 Å².